The van der Waals surface area contributed by atoms with Crippen molar-refractivity contribution in [2.45, 2.75) is 13.3 Å². The molecule has 4 heteroatoms. The fourth-order valence-corrected chi connectivity index (χ4v) is 1.94. The largest absolute Gasteiger partial charge is 0.397 e. The summed E-state index contributed by atoms with van der Waals surface area (Å²) >= 11 is 0. The van der Waals surface area contributed by atoms with E-state index in [0.717, 1.165) is 31.7 Å². The van der Waals surface area contributed by atoms with E-state index in [1.807, 2.05) is 12.1 Å². The molecule has 1 aromatic carbocycles. The van der Waals surface area contributed by atoms with Gasteiger partial charge in [0.2, 0.25) is 0 Å². The molecule has 0 unspecified atom stereocenters. The SMILES string of the molecule is CCN(CCCN(C)C)c1ccc(C#N)cc1N. The number of nitriles is 1. The average molecular weight is 246 g/mol. The molecular formula is C14H22N4. The fraction of sp³-hybridized carbons (Fsp3) is 0.500. The third-order valence-corrected chi connectivity index (χ3v) is 2.91. The lowest BCUT2D eigenvalue weighted by Crippen LogP contribution is -2.27. The molecule has 0 atom stereocenters. The molecule has 0 radical (unpaired) electrons. The highest BCUT2D eigenvalue weighted by molar-refractivity contribution is 5.69. The van der Waals surface area contributed by atoms with Crippen molar-refractivity contribution in [3.05, 3.63) is 23.8 Å². The predicted octanol–water partition coefficient (Wildman–Crippen LogP) is 1.92. The zero-order valence-corrected chi connectivity index (χ0v) is 11.5. The minimum Gasteiger partial charge on any atom is -0.397 e. The van der Waals surface area contributed by atoms with Crippen LogP contribution in [0.15, 0.2) is 18.2 Å². The molecule has 0 aliphatic heterocycles. The maximum absolute atomic E-state index is 8.83. The highest BCUT2D eigenvalue weighted by Crippen LogP contribution is 2.24. The van der Waals surface area contributed by atoms with Crippen molar-refractivity contribution in [2.24, 2.45) is 0 Å². The number of benzene rings is 1. The number of nitrogen functional groups attached to an aromatic ring is 1. The van der Waals surface area contributed by atoms with E-state index in [1.165, 1.54) is 0 Å². The first kappa shape index (κ1) is 14.3. The van der Waals surface area contributed by atoms with Crippen LogP contribution in [-0.4, -0.2) is 38.6 Å². The Morgan fingerprint density at radius 3 is 2.50 bits per heavy atom. The number of hydrogen-bond acceptors (Lipinski definition) is 4. The quantitative estimate of drug-likeness (QED) is 0.779. The van der Waals surface area contributed by atoms with E-state index in [0.29, 0.717) is 11.3 Å². The predicted molar refractivity (Wildman–Crippen MR) is 76.6 cm³/mol. The Morgan fingerprint density at radius 2 is 2.00 bits per heavy atom. The van der Waals surface area contributed by atoms with Crippen LogP contribution in [0.2, 0.25) is 0 Å². The number of hydrogen-bond donors (Lipinski definition) is 1. The first-order valence-corrected chi connectivity index (χ1v) is 6.27. The lowest BCUT2D eigenvalue weighted by atomic mass is 10.1. The Morgan fingerprint density at radius 1 is 1.28 bits per heavy atom. The molecular weight excluding hydrogens is 224 g/mol. The molecule has 0 amide bonds. The van der Waals surface area contributed by atoms with Crippen LogP contribution in [0, 0.1) is 11.3 Å². The van der Waals surface area contributed by atoms with E-state index >= 15 is 0 Å². The van der Waals surface area contributed by atoms with E-state index in [2.05, 4.69) is 36.9 Å². The van der Waals surface area contributed by atoms with Gasteiger partial charge in [0, 0.05) is 13.1 Å². The van der Waals surface area contributed by atoms with Crippen LogP contribution in [0.5, 0.6) is 0 Å². The van der Waals surface area contributed by atoms with E-state index in [1.54, 1.807) is 6.07 Å². The second-order valence-corrected chi connectivity index (χ2v) is 4.62. The van der Waals surface area contributed by atoms with Crippen molar-refractivity contribution < 1.29 is 0 Å². The fourth-order valence-electron chi connectivity index (χ4n) is 1.94. The molecule has 0 spiro atoms. The molecule has 0 bridgehead atoms. The van der Waals surface area contributed by atoms with Crippen molar-refractivity contribution >= 4 is 11.4 Å². The maximum Gasteiger partial charge on any atom is 0.0992 e. The summed E-state index contributed by atoms with van der Waals surface area (Å²) in [6.45, 7) is 5.08. The average Bonchev–Trinajstić information content (AvgIpc) is 2.35. The van der Waals surface area contributed by atoms with Crippen molar-refractivity contribution in [2.75, 3.05) is 44.4 Å². The van der Waals surface area contributed by atoms with Crippen LogP contribution in [0.4, 0.5) is 11.4 Å². The zero-order chi connectivity index (χ0) is 13.5. The Labute approximate surface area is 110 Å². The van der Waals surface area contributed by atoms with Crippen molar-refractivity contribution in [1.82, 2.24) is 4.90 Å². The summed E-state index contributed by atoms with van der Waals surface area (Å²) in [7, 11) is 4.15. The Hall–Kier alpha value is -1.73. The van der Waals surface area contributed by atoms with Gasteiger partial charge >= 0.3 is 0 Å². The van der Waals surface area contributed by atoms with Gasteiger partial charge < -0.3 is 15.5 Å². The van der Waals surface area contributed by atoms with Crippen molar-refractivity contribution in [3.8, 4) is 6.07 Å². The second-order valence-electron chi connectivity index (χ2n) is 4.62. The van der Waals surface area contributed by atoms with Crippen molar-refractivity contribution in [1.29, 1.82) is 5.26 Å². The minimum atomic E-state index is 0.612. The number of anilines is 2. The van der Waals surface area contributed by atoms with Gasteiger partial charge in [-0.3, -0.25) is 0 Å². The summed E-state index contributed by atoms with van der Waals surface area (Å²) < 4.78 is 0. The van der Waals surface area contributed by atoms with Gasteiger partial charge in [-0.1, -0.05) is 0 Å². The Kier molecular flexibility index (Phi) is 5.47. The summed E-state index contributed by atoms with van der Waals surface area (Å²) in [5, 5.41) is 8.83. The summed E-state index contributed by atoms with van der Waals surface area (Å²) in [4.78, 5) is 4.43. The van der Waals surface area contributed by atoms with Crippen LogP contribution in [0.3, 0.4) is 0 Å². The third-order valence-electron chi connectivity index (χ3n) is 2.91. The summed E-state index contributed by atoms with van der Waals surface area (Å²) in [5.41, 5.74) is 8.32. The molecule has 0 saturated heterocycles. The third kappa shape index (κ3) is 3.94. The Balaban J connectivity index is 2.73. The van der Waals surface area contributed by atoms with Gasteiger partial charge in [-0.15, -0.1) is 0 Å². The van der Waals surface area contributed by atoms with E-state index in [4.69, 9.17) is 11.0 Å². The lowest BCUT2D eigenvalue weighted by Gasteiger charge is -2.25. The molecule has 0 heterocycles. The molecule has 0 saturated carbocycles. The van der Waals surface area contributed by atoms with Crippen molar-refractivity contribution in [3.63, 3.8) is 0 Å². The Bertz CT molecular complexity index is 420. The van der Waals surface area contributed by atoms with Gasteiger partial charge in [-0.25, -0.2) is 0 Å². The van der Waals surface area contributed by atoms with Gasteiger partial charge in [-0.05, 0) is 52.2 Å². The van der Waals surface area contributed by atoms with E-state index in [-0.39, 0.29) is 0 Å². The zero-order valence-electron chi connectivity index (χ0n) is 11.5. The molecule has 0 aliphatic rings. The van der Waals surface area contributed by atoms with Crippen LogP contribution in [0.25, 0.3) is 0 Å². The van der Waals surface area contributed by atoms with Gasteiger partial charge in [0.15, 0.2) is 0 Å². The molecule has 98 valence electrons. The van der Waals surface area contributed by atoms with Gasteiger partial charge in [0.1, 0.15) is 0 Å². The minimum absolute atomic E-state index is 0.612. The molecule has 4 nitrogen and oxygen atoms in total. The summed E-state index contributed by atoms with van der Waals surface area (Å²) in [6, 6.07) is 7.60. The number of rotatable bonds is 6. The van der Waals surface area contributed by atoms with Crippen LogP contribution in [-0.2, 0) is 0 Å². The van der Waals surface area contributed by atoms with Crippen LogP contribution in [0.1, 0.15) is 18.9 Å². The first-order valence-electron chi connectivity index (χ1n) is 6.27. The molecule has 0 fully saturated rings. The monoisotopic (exact) mass is 246 g/mol. The number of nitrogens with zero attached hydrogens (tertiary/aromatic N) is 3. The highest BCUT2D eigenvalue weighted by atomic mass is 15.1. The molecule has 1 rings (SSSR count). The van der Waals surface area contributed by atoms with Gasteiger partial charge in [0.25, 0.3) is 0 Å². The van der Waals surface area contributed by atoms with E-state index < -0.39 is 0 Å². The van der Waals surface area contributed by atoms with Gasteiger partial charge in [-0.2, -0.15) is 5.26 Å². The van der Waals surface area contributed by atoms with Gasteiger partial charge in [0.05, 0.1) is 23.0 Å². The summed E-state index contributed by atoms with van der Waals surface area (Å²) in [5.74, 6) is 0. The number of nitrogens with two attached hydrogens (primary N) is 1. The highest BCUT2D eigenvalue weighted by Gasteiger charge is 2.08. The smallest absolute Gasteiger partial charge is 0.0992 e. The normalized spacial score (nSPS) is 10.4. The molecule has 0 aliphatic carbocycles. The maximum atomic E-state index is 8.83. The van der Waals surface area contributed by atoms with Crippen LogP contribution < -0.4 is 10.6 Å². The second kappa shape index (κ2) is 6.87. The van der Waals surface area contributed by atoms with E-state index in [9.17, 15) is 0 Å². The van der Waals surface area contributed by atoms with Crippen LogP contribution >= 0.6 is 0 Å². The molecule has 18 heavy (non-hydrogen) atoms. The summed E-state index contributed by atoms with van der Waals surface area (Å²) in [6.07, 6.45) is 1.10. The first-order chi connectivity index (χ1) is 8.58. The molecule has 2 N–H and O–H groups in total. The topological polar surface area (TPSA) is 56.3 Å². The lowest BCUT2D eigenvalue weighted by molar-refractivity contribution is 0.400. The standard InChI is InChI=1S/C14H22N4/c1-4-18(9-5-8-17(2)3)14-7-6-12(11-15)10-13(14)16/h6-7,10H,4-5,8-9,16H2,1-3H3. The molecule has 0 aromatic heterocycles. The molecule has 1 aromatic rings.